The molecule has 0 atom stereocenters. The lowest BCUT2D eigenvalue weighted by Gasteiger charge is -2.34. The van der Waals surface area contributed by atoms with E-state index in [0.717, 1.165) is 48.5 Å². The summed E-state index contributed by atoms with van der Waals surface area (Å²) in [7, 11) is 2.15. The summed E-state index contributed by atoms with van der Waals surface area (Å²) in [5.74, 6) is 1.89. The second kappa shape index (κ2) is 10.4. The van der Waals surface area contributed by atoms with Crippen LogP contribution in [0.5, 0.6) is 0 Å². The van der Waals surface area contributed by atoms with Gasteiger partial charge in [0, 0.05) is 49.4 Å². The van der Waals surface area contributed by atoms with Crippen LogP contribution in [0, 0.1) is 12.3 Å². The Kier molecular flexibility index (Phi) is 7.58. The Morgan fingerprint density at radius 1 is 1.16 bits per heavy atom. The molecule has 2 aromatic heterocycles. The zero-order chi connectivity index (χ0) is 23.3. The van der Waals surface area contributed by atoms with Gasteiger partial charge in [-0.25, -0.2) is 15.0 Å². The number of aryl methyl sites for hydroxylation is 1. The summed E-state index contributed by atoms with van der Waals surface area (Å²) in [6, 6.07) is 8.47. The summed E-state index contributed by atoms with van der Waals surface area (Å²) in [6.45, 7) is 12.2. The van der Waals surface area contributed by atoms with Gasteiger partial charge in [-0.2, -0.15) is 0 Å². The Morgan fingerprint density at radius 3 is 2.56 bits per heavy atom. The lowest BCUT2D eigenvalue weighted by atomic mass is 10.1. The molecule has 0 bridgehead atoms. The molecule has 1 aliphatic rings. The van der Waals surface area contributed by atoms with Crippen LogP contribution in [0.2, 0.25) is 0 Å². The second-order valence-electron chi connectivity index (χ2n) is 7.87. The van der Waals surface area contributed by atoms with Gasteiger partial charge >= 0.3 is 0 Å². The van der Waals surface area contributed by atoms with Gasteiger partial charge in [0.25, 0.3) is 0 Å². The van der Waals surface area contributed by atoms with Crippen LogP contribution >= 0.6 is 0 Å². The van der Waals surface area contributed by atoms with Crippen molar-refractivity contribution in [1.82, 2.24) is 19.9 Å². The van der Waals surface area contributed by atoms with E-state index in [2.05, 4.69) is 63.3 Å². The average molecular weight is 435 g/mol. The molecule has 0 amide bonds. The number of rotatable bonds is 5. The summed E-state index contributed by atoms with van der Waals surface area (Å²) in [5, 5.41) is 12.5. The van der Waals surface area contributed by atoms with Crippen molar-refractivity contribution in [3.63, 3.8) is 0 Å². The van der Waals surface area contributed by atoms with Crippen LogP contribution in [0.3, 0.4) is 0 Å². The largest absolute Gasteiger partial charge is 0.383 e. The predicted molar refractivity (Wildman–Crippen MR) is 134 cm³/mol. The number of pyridine rings is 1. The average Bonchev–Trinajstić information content (AvgIpc) is 2.79. The first kappa shape index (κ1) is 23.4. The Labute approximate surface area is 190 Å². The maximum Gasteiger partial charge on any atom is 0.140 e. The van der Waals surface area contributed by atoms with Crippen molar-refractivity contribution >= 4 is 34.1 Å². The maximum absolute atomic E-state index is 8.03. The normalized spacial score (nSPS) is 14.1. The minimum absolute atomic E-state index is 0.312. The molecule has 8 nitrogen and oxygen atoms in total. The first-order chi connectivity index (χ1) is 15.4. The van der Waals surface area contributed by atoms with Crippen molar-refractivity contribution in [2.75, 3.05) is 49.2 Å². The van der Waals surface area contributed by atoms with E-state index in [4.69, 9.17) is 16.1 Å². The summed E-state index contributed by atoms with van der Waals surface area (Å²) in [5.41, 5.74) is 10.2. The van der Waals surface area contributed by atoms with Gasteiger partial charge in [0.05, 0.1) is 11.1 Å². The van der Waals surface area contributed by atoms with E-state index in [-0.39, 0.29) is 0 Å². The van der Waals surface area contributed by atoms with Crippen LogP contribution in [0.15, 0.2) is 30.6 Å². The third kappa shape index (κ3) is 4.96. The highest BCUT2D eigenvalue weighted by Crippen LogP contribution is 2.28. The Morgan fingerprint density at radius 2 is 1.88 bits per heavy atom. The van der Waals surface area contributed by atoms with Crippen LogP contribution in [-0.4, -0.2) is 58.8 Å². The Bertz CT molecular complexity index is 1090. The van der Waals surface area contributed by atoms with Crippen molar-refractivity contribution < 1.29 is 0 Å². The highest BCUT2D eigenvalue weighted by molar-refractivity contribution is 6.04. The van der Waals surface area contributed by atoms with Gasteiger partial charge in [-0.1, -0.05) is 32.0 Å². The molecule has 1 aromatic carbocycles. The number of anilines is 3. The van der Waals surface area contributed by atoms with E-state index < -0.39 is 0 Å². The molecule has 1 fully saturated rings. The van der Waals surface area contributed by atoms with Crippen LogP contribution in [-0.2, 0) is 6.54 Å². The van der Waals surface area contributed by atoms with E-state index in [1.54, 1.807) is 6.92 Å². The van der Waals surface area contributed by atoms with E-state index in [0.29, 0.717) is 29.5 Å². The van der Waals surface area contributed by atoms with Crippen LogP contribution in [0.1, 0.15) is 37.5 Å². The van der Waals surface area contributed by atoms with Crippen LogP contribution in [0.25, 0.3) is 10.9 Å². The number of piperazine rings is 1. The number of benzene rings is 1. The minimum atomic E-state index is 0.312. The topological polar surface area (TPSA) is 107 Å². The first-order valence-corrected chi connectivity index (χ1v) is 11.2. The molecule has 4 rings (SSSR count). The van der Waals surface area contributed by atoms with Gasteiger partial charge in [0.1, 0.15) is 23.8 Å². The van der Waals surface area contributed by atoms with Gasteiger partial charge in [-0.3, -0.25) is 0 Å². The SMILES string of the molecule is CC.CC(=N)c1c(N)ncnc1NCc1cc2cccc(C)c2nc1N1CCN(C)CC1. The van der Waals surface area contributed by atoms with Crippen molar-refractivity contribution in [2.45, 2.75) is 34.2 Å². The summed E-state index contributed by atoms with van der Waals surface area (Å²) >= 11 is 0. The fraction of sp³-hybridized carbons (Fsp3) is 0.417. The number of nitrogens with one attached hydrogen (secondary N) is 2. The summed E-state index contributed by atoms with van der Waals surface area (Å²) in [6.07, 6.45) is 1.42. The molecule has 0 saturated carbocycles. The van der Waals surface area contributed by atoms with E-state index in [1.165, 1.54) is 11.9 Å². The molecule has 32 heavy (non-hydrogen) atoms. The molecule has 8 heteroatoms. The van der Waals surface area contributed by atoms with Crippen molar-refractivity contribution in [2.24, 2.45) is 0 Å². The number of para-hydroxylation sites is 1. The van der Waals surface area contributed by atoms with Gasteiger partial charge in [-0.15, -0.1) is 0 Å². The number of nitrogens with zero attached hydrogens (tertiary/aromatic N) is 5. The fourth-order valence-electron chi connectivity index (χ4n) is 3.88. The quantitative estimate of drug-likeness (QED) is 0.526. The molecule has 1 saturated heterocycles. The molecule has 3 aromatic rings. The number of hydrogen-bond donors (Lipinski definition) is 3. The molecule has 0 unspecified atom stereocenters. The van der Waals surface area contributed by atoms with Crippen LogP contribution < -0.4 is 16.0 Å². The van der Waals surface area contributed by atoms with Crippen molar-refractivity contribution in [3.8, 4) is 0 Å². The predicted octanol–water partition coefficient (Wildman–Crippen LogP) is 3.69. The first-order valence-electron chi connectivity index (χ1n) is 11.2. The highest BCUT2D eigenvalue weighted by atomic mass is 15.3. The van der Waals surface area contributed by atoms with E-state index in [9.17, 15) is 0 Å². The third-order valence-electron chi connectivity index (χ3n) is 5.60. The van der Waals surface area contributed by atoms with Crippen molar-refractivity contribution in [3.05, 3.63) is 47.3 Å². The zero-order valence-electron chi connectivity index (χ0n) is 19.7. The zero-order valence-corrected chi connectivity index (χ0v) is 19.7. The standard InChI is InChI=1S/C22H28N8.C2H6/c1-14-5-4-6-16-11-17(12-25-21-18(15(2)23)20(24)26-13-27-21)22(28-19(14)16)30-9-7-29(3)8-10-30;1-2/h4-6,11,13,23H,7-10,12H2,1-3H3,(H3,24,25,26,27);1-2H3. The molecule has 3 heterocycles. The van der Waals surface area contributed by atoms with Gasteiger partial charge in [-0.05, 0) is 32.5 Å². The van der Waals surface area contributed by atoms with E-state index >= 15 is 0 Å². The lowest BCUT2D eigenvalue weighted by Crippen LogP contribution is -2.45. The monoisotopic (exact) mass is 434 g/mol. The number of aromatic nitrogens is 3. The van der Waals surface area contributed by atoms with Gasteiger partial charge < -0.3 is 26.3 Å². The summed E-state index contributed by atoms with van der Waals surface area (Å²) in [4.78, 5) is 18.1. The third-order valence-corrected chi connectivity index (χ3v) is 5.60. The molecular weight excluding hydrogens is 400 g/mol. The molecule has 1 aliphatic heterocycles. The van der Waals surface area contributed by atoms with E-state index in [1.807, 2.05) is 13.8 Å². The van der Waals surface area contributed by atoms with Crippen molar-refractivity contribution in [1.29, 1.82) is 5.41 Å². The van der Waals surface area contributed by atoms with Gasteiger partial charge in [0.2, 0.25) is 0 Å². The minimum Gasteiger partial charge on any atom is -0.383 e. The summed E-state index contributed by atoms with van der Waals surface area (Å²) < 4.78 is 0. The molecule has 170 valence electrons. The molecule has 4 N–H and O–H groups in total. The molecular formula is C24H34N8. The number of nitrogens with two attached hydrogens (primary N) is 1. The van der Waals surface area contributed by atoms with Crippen LogP contribution in [0.4, 0.5) is 17.5 Å². The fourth-order valence-corrected chi connectivity index (χ4v) is 3.88. The smallest absolute Gasteiger partial charge is 0.140 e. The number of likely N-dealkylation sites (N-methyl/N-ethyl adjacent to an activating group) is 1. The second-order valence-corrected chi connectivity index (χ2v) is 7.87. The molecule has 0 aliphatic carbocycles. The lowest BCUT2D eigenvalue weighted by molar-refractivity contribution is 0.312. The molecule has 0 radical (unpaired) electrons. The Hall–Kier alpha value is -3.26. The number of fused-ring (bicyclic) bond motifs is 1. The highest BCUT2D eigenvalue weighted by Gasteiger charge is 2.20. The number of nitrogen functional groups attached to an aromatic ring is 1. The molecule has 0 spiro atoms. The number of hydrogen-bond acceptors (Lipinski definition) is 8. The Balaban J connectivity index is 0.00000141. The maximum atomic E-state index is 8.03. The van der Waals surface area contributed by atoms with Gasteiger partial charge in [0.15, 0.2) is 0 Å².